The Morgan fingerprint density at radius 2 is 1.81 bits per heavy atom. The van der Waals surface area contributed by atoms with Crippen LogP contribution in [-0.4, -0.2) is 15.7 Å². The molecule has 112 valence electrons. The SMILES string of the molecule is Cc1nc(NN)c(C)c(Nc2ccccc2SC(F)F)n1. The van der Waals surface area contributed by atoms with Gasteiger partial charge in [0.25, 0.3) is 5.76 Å². The van der Waals surface area contributed by atoms with Crippen LogP contribution in [0.4, 0.5) is 26.1 Å². The molecule has 21 heavy (non-hydrogen) atoms. The first-order valence-electron chi connectivity index (χ1n) is 6.14. The van der Waals surface area contributed by atoms with Gasteiger partial charge >= 0.3 is 0 Å². The highest BCUT2D eigenvalue weighted by Gasteiger charge is 2.13. The molecule has 4 N–H and O–H groups in total. The second-order valence-corrected chi connectivity index (χ2v) is 5.27. The molecular weight excluding hydrogens is 296 g/mol. The number of halogens is 2. The highest BCUT2D eigenvalue weighted by molar-refractivity contribution is 7.99. The summed E-state index contributed by atoms with van der Waals surface area (Å²) in [7, 11) is 0. The fourth-order valence-electron chi connectivity index (χ4n) is 1.79. The van der Waals surface area contributed by atoms with Crippen LogP contribution in [0.1, 0.15) is 11.4 Å². The fraction of sp³-hybridized carbons (Fsp3) is 0.231. The first kappa shape index (κ1) is 15.5. The number of rotatable bonds is 5. The summed E-state index contributed by atoms with van der Waals surface area (Å²) in [6.45, 7) is 3.52. The van der Waals surface area contributed by atoms with Crippen LogP contribution in [0.2, 0.25) is 0 Å². The molecule has 0 saturated carbocycles. The molecule has 1 aromatic heterocycles. The van der Waals surface area contributed by atoms with E-state index in [2.05, 4.69) is 20.7 Å². The summed E-state index contributed by atoms with van der Waals surface area (Å²) >= 11 is 0.485. The van der Waals surface area contributed by atoms with Gasteiger partial charge in [-0.25, -0.2) is 15.8 Å². The summed E-state index contributed by atoms with van der Waals surface area (Å²) in [5.41, 5.74) is 3.76. The maximum absolute atomic E-state index is 12.6. The van der Waals surface area contributed by atoms with Crippen LogP contribution in [-0.2, 0) is 0 Å². The zero-order valence-corrected chi connectivity index (χ0v) is 12.3. The van der Waals surface area contributed by atoms with Gasteiger partial charge in [-0.05, 0) is 26.0 Å². The maximum atomic E-state index is 12.6. The zero-order chi connectivity index (χ0) is 15.4. The first-order valence-corrected chi connectivity index (χ1v) is 7.02. The number of aromatic nitrogens is 2. The smallest absolute Gasteiger partial charge is 0.288 e. The van der Waals surface area contributed by atoms with Gasteiger partial charge in [-0.2, -0.15) is 8.78 Å². The minimum Gasteiger partial charge on any atom is -0.339 e. The number of hydrogen-bond donors (Lipinski definition) is 3. The van der Waals surface area contributed by atoms with E-state index in [9.17, 15) is 8.78 Å². The highest BCUT2D eigenvalue weighted by atomic mass is 32.2. The van der Waals surface area contributed by atoms with Gasteiger partial charge in [-0.3, -0.25) is 0 Å². The third-order valence-corrected chi connectivity index (χ3v) is 3.54. The molecule has 0 amide bonds. The number of nitrogens with one attached hydrogen (secondary N) is 2. The first-order chi connectivity index (χ1) is 10.0. The molecule has 2 aromatic rings. The van der Waals surface area contributed by atoms with Crippen molar-refractivity contribution in [2.24, 2.45) is 5.84 Å². The molecule has 0 unspecified atom stereocenters. The number of thioether (sulfide) groups is 1. The largest absolute Gasteiger partial charge is 0.339 e. The summed E-state index contributed by atoms with van der Waals surface area (Å²) in [6.07, 6.45) is 0. The lowest BCUT2D eigenvalue weighted by atomic mass is 10.2. The normalized spacial score (nSPS) is 10.8. The van der Waals surface area contributed by atoms with E-state index in [0.717, 1.165) is 0 Å². The predicted octanol–water partition coefficient (Wildman–Crippen LogP) is 3.44. The molecule has 5 nitrogen and oxygen atoms in total. The molecule has 0 aliphatic carbocycles. The number of anilines is 3. The Balaban J connectivity index is 2.36. The molecule has 0 aliphatic rings. The van der Waals surface area contributed by atoms with E-state index in [1.54, 1.807) is 38.1 Å². The Labute approximate surface area is 125 Å². The van der Waals surface area contributed by atoms with E-state index in [-0.39, 0.29) is 0 Å². The number of nitrogens with zero attached hydrogens (tertiary/aromatic N) is 2. The number of alkyl halides is 2. The lowest BCUT2D eigenvalue weighted by Crippen LogP contribution is -2.13. The van der Waals surface area contributed by atoms with Gasteiger partial charge in [0.05, 0.1) is 5.69 Å². The Hall–Kier alpha value is -1.93. The van der Waals surface area contributed by atoms with E-state index in [1.165, 1.54) is 0 Å². The standard InChI is InChI=1S/C13H15F2N5S/c1-7-11(17-8(2)18-12(7)20-16)19-9-5-3-4-6-10(9)21-13(14)15/h3-6,13H,16H2,1-2H3,(H2,17,18,19,20). The molecule has 2 rings (SSSR count). The minimum atomic E-state index is -2.48. The average molecular weight is 311 g/mol. The summed E-state index contributed by atoms with van der Waals surface area (Å²) in [6, 6.07) is 6.83. The van der Waals surface area contributed by atoms with Crippen LogP contribution < -0.4 is 16.6 Å². The van der Waals surface area contributed by atoms with Gasteiger partial charge in [0, 0.05) is 10.5 Å². The molecule has 0 aliphatic heterocycles. The monoisotopic (exact) mass is 311 g/mol. The molecular formula is C13H15F2N5S. The van der Waals surface area contributed by atoms with E-state index in [0.29, 0.717) is 45.4 Å². The number of hydrazine groups is 1. The number of benzene rings is 1. The van der Waals surface area contributed by atoms with Crippen molar-refractivity contribution < 1.29 is 8.78 Å². The molecule has 0 saturated heterocycles. The van der Waals surface area contributed by atoms with Gasteiger partial charge in [0.1, 0.15) is 17.5 Å². The molecule has 0 radical (unpaired) electrons. The van der Waals surface area contributed by atoms with Crippen molar-refractivity contribution in [2.45, 2.75) is 24.5 Å². The van der Waals surface area contributed by atoms with Crippen LogP contribution >= 0.6 is 11.8 Å². The molecule has 0 spiro atoms. The lowest BCUT2D eigenvalue weighted by Gasteiger charge is -2.14. The molecule has 1 aromatic carbocycles. The zero-order valence-electron chi connectivity index (χ0n) is 11.5. The van der Waals surface area contributed by atoms with Crippen molar-refractivity contribution in [3.05, 3.63) is 35.7 Å². The third-order valence-electron chi connectivity index (χ3n) is 2.75. The Kier molecular flexibility index (Phi) is 4.92. The van der Waals surface area contributed by atoms with Gasteiger partial charge < -0.3 is 10.7 Å². The van der Waals surface area contributed by atoms with Crippen molar-refractivity contribution in [1.82, 2.24) is 9.97 Å². The molecule has 8 heteroatoms. The Morgan fingerprint density at radius 3 is 2.48 bits per heavy atom. The quantitative estimate of drug-likeness (QED) is 0.446. The fourth-order valence-corrected chi connectivity index (χ4v) is 2.38. The van der Waals surface area contributed by atoms with Crippen LogP contribution in [0, 0.1) is 13.8 Å². The number of nitrogens with two attached hydrogens (primary N) is 1. The second kappa shape index (κ2) is 6.68. The van der Waals surface area contributed by atoms with Crippen LogP contribution in [0.25, 0.3) is 0 Å². The van der Waals surface area contributed by atoms with Crippen LogP contribution in [0.5, 0.6) is 0 Å². The number of aryl methyl sites for hydroxylation is 1. The van der Waals surface area contributed by atoms with Crippen molar-refractivity contribution >= 4 is 29.1 Å². The summed E-state index contributed by atoms with van der Waals surface area (Å²) < 4.78 is 25.2. The van der Waals surface area contributed by atoms with Crippen molar-refractivity contribution in [1.29, 1.82) is 0 Å². The lowest BCUT2D eigenvalue weighted by molar-refractivity contribution is 0.252. The van der Waals surface area contributed by atoms with Gasteiger partial charge in [0.15, 0.2) is 0 Å². The van der Waals surface area contributed by atoms with Gasteiger partial charge in [-0.15, -0.1) is 0 Å². The van der Waals surface area contributed by atoms with Gasteiger partial charge in [0.2, 0.25) is 0 Å². The Morgan fingerprint density at radius 1 is 1.14 bits per heavy atom. The predicted molar refractivity (Wildman–Crippen MR) is 80.9 cm³/mol. The number of hydrogen-bond acceptors (Lipinski definition) is 6. The van der Waals surface area contributed by atoms with E-state index in [4.69, 9.17) is 5.84 Å². The summed E-state index contributed by atoms with van der Waals surface area (Å²) in [4.78, 5) is 8.88. The van der Waals surface area contributed by atoms with Gasteiger partial charge in [-0.1, -0.05) is 23.9 Å². The maximum Gasteiger partial charge on any atom is 0.288 e. The van der Waals surface area contributed by atoms with E-state index >= 15 is 0 Å². The average Bonchev–Trinajstić information content (AvgIpc) is 2.44. The second-order valence-electron chi connectivity index (χ2n) is 4.24. The van der Waals surface area contributed by atoms with E-state index < -0.39 is 5.76 Å². The minimum absolute atomic E-state index is 0.449. The number of nitrogen functional groups attached to an aromatic ring is 1. The van der Waals surface area contributed by atoms with Crippen molar-refractivity contribution in [3.8, 4) is 0 Å². The highest BCUT2D eigenvalue weighted by Crippen LogP contribution is 2.34. The molecule has 0 bridgehead atoms. The van der Waals surface area contributed by atoms with Crippen LogP contribution in [0.15, 0.2) is 29.2 Å². The topological polar surface area (TPSA) is 75.9 Å². The number of para-hydroxylation sites is 1. The van der Waals surface area contributed by atoms with Crippen LogP contribution in [0.3, 0.4) is 0 Å². The molecule has 0 atom stereocenters. The Bertz CT molecular complexity index is 636. The van der Waals surface area contributed by atoms with Crippen molar-refractivity contribution in [2.75, 3.05) is 10.7 Å². The molecule has 1 heterocycles. The third kappa shape index (κ3) is 3.79. The van der Waals surface area contributed by atoms with E-state index in [1.807, 2.05) is 0 Å². The van der Waals surface area contributed by atoms with Crippen molar-refractivity contribution in [3.63, 3.8) is 0 Å². The molecule has 0 fully saturated rings. The summed E-state index contributed by atoms with van der Waals surface area (Å²) in [5, 5.41) is 3.06. The summed E-state index contributed by atoms with van der Waals surface area (Å²) in [5.74, 6) is 4.46.